The molecule has 4 nitrogen and oxygen atoms in total. The molecule has 1 fully saturated rings. The SMILES string of the molecule is O=C(CN1CCN(Cc2ccccc2)CC1)Nc1ccc(SC(F)F)cc1. The van der Waals surface area contributed by atoms with Crippen LogP contribution in [-0.4, -0.2) is 54.2 Å². The number of hydrogen-bond donors (Lipinski definition) is 1. The molecule has 3 rings (SSSR count). The third kappa shape index (κ3) is 6.61. The number of anilines is 1. The minimum Gasteiger partial charge on any atom is -0.325 e. The highest BCUT2D eigenvalue weighted by Gasteiger charge is 2.19. The van der Waals surface area contributed by atoms with Crippen LogP contribution in [0.15, 0.2) is 59.5 Å². The summed E-state index contributed by atoms with van der Waals surface area (Å²) in [6.45, 7) is 4.84. The molecule has 1 amide bonds. The van der Waals surface area contributed by atoms with Gasteiger partial charge in [0.25, 0.3) is 5.76 Å². The molecule has 0 saturated carbocycles. The van der Waals surface area contributed by atoms with E-state index in [-0.39, 0.29) is 5.91 Å². The largest absolute Gasteiger partial charge is 0.325 e. The first kappa shape index (κ1) is 19.8. The van der Waals surface area contributed by atoms with Crippen molar-refractivity contribution >= 4 is 23.4 Å². The monoisotopic (exact) mass is 391 g/mol. The Morgan fingerprint density at radius 3 is 2.22 bits per heavy atom. The van der Waals surface area contributed by atoms with Crippen molar-refractivity contribution in [3.8, 4) is 0 Å². The van der Waals surface area contributed by atoms with Gasteiger partial charge in [-0.25, -0.2) is 0 Å². The standard InChI is InChI=1S/C20H23F2N3OS/c21-20(22)27-18-8-6-17(7-9-18)23-19(26)15-25-12-10-24(11-13-25)14-16-4-2-1-3-5-16/h1-9,20H,10-15H2,(H,23,26). The lowest BCUT2D eigenvalue weighted by Crippen LogP contribution is -2.48. The summed E-state index contributed by atoms with van der Waals surface area (Å²) in [5, 5.41) is 2.83. The second-order valence-corrected chi connectivity index (χ2v) is 7.55. The number of thioether (sulfide) groups is 1. The Labute approximate surface area is 162 Å². The first-order valence-electron chi connectivity index (χ1n) is 8.92. The number of rotatable bonds is 7. The Morgan fingerprint density at radius 1 is 0.963 bits per heavy atom. The number of nitrogens with one attached hydrogen (secondary N) is 1. The minimum atomic E-state index is -2.44. The second-order valence-electron chi connectivity index (χ2n) is 6.49. The van der Waals surface area contributed by atoms with Crippen LogP contribution >= 0.6 is 11.8 Å². The number of alkyl halides is 2. The molecular weight excluding hydrogens is 368 g/mol. The maximum Gasteiger partial charge on any atom is 0.288 e. The van der Waals surface area contributed by atoms with Crippen LogP contribution in [0.5, 0.6) is 0 Å². The van der Waals surface area contributed by atoms with Crippen LogP contribution in [0.1, 0.15) is 5.56 Å². The number of carbonyl (C=O) groups excluding carboxylic acids is 1. The summed E-state index contributed by atoms with van der Waals surface area (Å²) in [7, 11) is 0. The molecule has 1 saturated heterocycles. The van der Waals surface area contributed by atoms with Crippen LogP contribution in [0.3, 0.4) is 0 Å². The third-order valence-electron chi connectivity index (χ3n) is 4.44. The van der Waals surface area contributed by atoms with Crippen LogP contribution in [0.25, 0.3) is 0 Å². The van der Waals surface area contributed by atoms with E-state index in [9.17, 15) is 13.6 Å². The molecule has 1 aliphatic heterocycles. The van der Waals surface area contributed by atoms with Gasteiger partial charge < -0.3 is 5.32 Å². The van der Waals surface area contributed by atoms with Gasteiger partial charge in [0, 0.05) is 43.3 Å². The molecule has 2 aromatic rings. The molecule has 0 spiro atoms. The van der Waals surface area contributed by atoms with Gasteiger partial charge in [-0.1, -0.05) is 42.1 Å². The lowest BCUT2D eigenvalue weighted by atomic mass is 10.2. The van der Waals surface area contributed by atoms with Gasteiger partial charge in [-0.3, -0.25) is 14.6 Å². The number of piperazine rings is 1. The van der Waals surface area contributed by atoms with E-state index in [1.54, 1.807) is 24.3 Å². The zero-order valence-corrected chi connectivity index (χ0v) is 15.8. The predicted octanol–water partition coefficient (Wildman–Crippen LogP) is 3.76. The highest BCUT2D eigenvalue weighted by atomic mass is 32.2. The van der Waals surface area contributed by atoms with Crippen molar-refractivity contribution in [2.45, 2.75) is 17.2 Å². The zero-order valence-electron chi connectivity index (χ0n) is 15.0. The predicted molar refractivity (Wildman–Crippen MR) is 105 cm³/mol. The molecule has 0 unspecified atom stereocenters. The quantitative estimate of drug-likeness (QED) is 0.729. The molecule has 0 bridgehead atoms. The van der Waals surface area contributed by atoms with Crippen molar-refractivity contribution in [3.05, 3.63) is 60.2 Å². The fourth-order valence-corrected chi connectivity index (χ4v) is 3.57. The van der Waals surface area contributed by atoms with E-state index < -0.39 is 5.76 Å². The normalized spacial score (nSPS) is 15.8. The van der Waals surface area contributed by atoms with Crippen molar-refractivity contribution in [1.29, 1.82) is 0 Å². The number of carbonyl (C=O) groups is 1. The van der Waals surface area contributed by atoms with Gasteiger partial charge in [-0.2, -0.15) is 8.78 Å². The molecular formula is C20H23F2N3OS. The minimum absolute atomic E-state index is 0.0826. The van der Waals surface area contributed by atoms with Crippen LogP contribution in [0, 0.1) is 0 Å². The molecule has 0 aromatic heterocycles. The topological polar surface area (TPSA) is 35.6 Å². The van der Waals surface area contributed by atoms with Gasteiger partial charge in [0.2, 0.25) is 5.91 Å². The molecule has 144 valence electrons. The summed E-state index contributed by atoms with van der Waals surface area (Å²) in [5.74, 6) is -2.52. The van der Waals surface area contributed by atoms with E-state index in [1.807, 2.05) is 6.07 Å². The lowest BCUT2D eigenvalue weighted by molar-refractivity contribution is -0.117. The summed E-state index contributed by atoms with van der Waals surface area (Å²) >= 11 is 0.496. The van der Waals surface area contributed by atoms with Crippen molar-refractivity contribution in [1.82, 2.24) is 9.80 Å². The van der Waals surface area contributed by atoms with E-state index in [0.29, 0.717) is 28.9 Å². The van der Waals surface area contributed by atoms with Crippen molar-refractivity contribution in [3.63, 3.8) is 0 Å². The van der Waals surface area contributed by atoms with Crippen LogP contribution < -0.4 is 5.32 Å². The number of nitrogens with zero attached hydrogens (tertiary/aromatic N) is 2. The summed E-state index contributed by atoms with van der Waals surface area (Å²) in [6, 6.07) is 16.9. The summed E-state index contributed by atoms with van der Waals surface area (Å²) < 4.78 is 24.7. The van der Waals surface area contributed by atoms with E-state index in [0.717, 1.165) is 32.7 Å². The molecule has 0 atom stereocenters. The fourth-order valence-electron chi connectivity index (χ4n) is 3.07. The number of amides is 1. The van der Waals surface area contributed by atoms with Gasteiger partial charge in [0.15, 0.2) is 0 Å². The number of hydrogen-bond acceptors (Lipinski definition) is 4. The molecule has 1 aliphatic rings. The van der Waals surface area contributed by atoms with Gasteiger partial charge in [-0.05, 0) is 29.8 Å². The first-order valence-corrected chi connectivity index (χ1v) is 9.80. The number of benzene rings is 2. The van der Waals surface area contributed by atoms with Gasteiger partial charge >= 0.3 is 0 Å². The van der Waals surface area contributed by atoms with Crippen LogP contribution in [0.4, 0.5) is 14.5 Å². The second kappa shape index (κ2) is 9.82. The van der Waals surface area contributed by atoms with Gasteiger partial charge in [-0.15, -0.1) is 0 Å². The van der Waals surface area contributed by atoms with E-state index >= 15 is 0 Å². The van der Waals surface area contributed by atoms with Gasteiger partial charge in [0.05, 0.1) is 6.54 Å². The highest BCUT2D eigenvalue weighted by Crippen LogP contribution is 2.26. The summed E-state index contributed by atoms with van der Waals surface area (Å²) in [4.78, 5) is 17.2. The zero-order chi connectivity index (χ0) is 19.1. The summed E-state index contributed by atoms with van der Waals surface area (Å²) in [6.07, 6.45) is 0. The van der Waals surface area contributed by atoms with Crippen molar-refractivity contribution in [2.24, 2.45) is 0 Å². The Bertz CT molecular complexity index is 720. The fraction of sp³-hybridized carbons (Fsp3) is 0.350. The average Bonchev–Trinajstić information content (AvgIpc) is 2.65. The van der Waals surface area contributed by atoms with E-state index in [4.69, 9.17) is 0 Å². The van der Waals surface area contributed by atoms with E-state index in [2.05, 4.69) is 39.4 Å². The molecule has 2 aromatic carbocycles. The maximum absolute atomic E-state index is 12.3. The lowest BCUT2D eigenvalue weighted by Gasteiger charge is -2.34. The van der Waals surface area contributed by atoms with Gasteiger partial charge in [0.1, 0.15) is 0 Å². The Hall–Kier alpha value is -1.96. The van der Waals surface area contributed by atoms with E-state index in [1.165, 1.54) is 5.56 Å². The molecule has 7 heteroatoms. The smallest absolute Gasteiger partial charge is 0.288 e. The summed E-state index contributed by atoms with van der Waals surface area (Å²) in [5.41, 5.74) is 1.93. The Balaban J connectivity index is 1.40. The maximum atomic E-state index is 12.3. The number of halogens is 2. The van der Waals surface area contributed by atoms with Crippen LogP contribution in [-0.2, 0) is 11.3 Å². The Morgan fingerprint density at radius 2 is 1.59 bits per heavy atom. The first-order chi connectivity index (χ1) is 13.1. The third-order valence-corrected chi connectivity index (χ3v) is 5.17. The highest BCUT2D eigenvalue weighted by molar-refractivity contribution is 7.99. The molecule has 0 radical (unpaired) electrons. The van der Waals surface area contributed by atoms with Crippen molar-refractivity contribution in [2.75, 3.05) is 38.0 Å². The van der Waals surface area contributed by atoms with Crippen molar-refractivity contribution < 1.29 is 13.6 Å². The molecule has 1 N–H and O–H groups in total. The molecule has 1 heterocycles. The molecule has 0 aliphatic carbocycles. The van der Waals surface area contributed by atoms with Crippen LogP contribution in [0.2, 0.25) is 0 Å². The average molecular weight is 391 g/mol. The molecule has 27 heavy (non-hydrogen) atoms. The Kier molecular flexibility index (Phi) is 7.20.